The summed E-state index contributed by atoms with van der Waals surface area (Å²) in [4.78, 5) is 0.472. The lowest BCUT2D eigenvalue weighted by Crippen LogP contribution is -2.33. The largest absolute Gasteiger partial charge is 0.497 e. The molecule has 5 rings (SSSR count). The van der Waals surface area contributed by atoms with Gasteiger partial charge in [-0.15, -0.1) is 0 Å². The summed E-state index contributed by atoms with van der Waals surface area (Å²) < 4.78 is 143. The van der Waals surface area contributed by atoms with Gasteiger partial charge in [0, 0.05) is 38.8 Å². The normalized spacial score (nSPS) is 12.7. The van der Waals surface area contributed by atoms with Crippen LogP contribution in [-0.4, -0.2) is 99.2 Å². The van der Waals surface area contributed by atoms with Crippen LogP contribution in [-0.2, 0) is 51.4 Å². The van der Waals surface area contributed by atoms with E-state index in [-0.39, 0.29) is 45.8 Å². The highest BCUT2D eigenvalue weighted by molar-refractivity contribution is 7.90. The molecule has 0 heterocycles. The third-order valence-corrected chi connectivity index (χ3v) is 18.4. The van der Waals surface area contributed by atoms with E-state index in [0.29, 0.717) is 74.7 Å². The fraction of sp³-hybridized carbons (Fsp3) is 0.423. The van der Waals surface area contributed by atoms with Crippen molar-refractivity contribution in [2.24, 2.45) is 0 Å². The van der Waals surface area contributed by atoms with Gasteiger partial charge in [0.1, 0.15) is 23.0 Å². The first kappa shape index (κ1) is 58.8. The molecule has 5 aromatic carbocycles. The van der Waals surface area contributed by atoms with Gasteiger partial charge in [0.2, 0.25) is 40.1 Å². The smallest absolute Gasteiger partial charge is 0.243 e. The second kappa shape index (κ2) is 29.1. The van der Waals surface area contributed by atoms with E-state index >= 15 is 0 Å². The average Bonchev–Trinajstić information content (AvgIpc) is 3.40. The van der Waals surface area contributed by atoms with Gasteiger partial charge in [0.15, 0.2) is 0 Å². The summed E-state index contributed by atoms with van der Waals surface area (Å²) in [5.74, 6) is 2.15. The first-order valence-corrected chi connectivity index (χ1v) is 30.2. The van der Waals surface area contributed by atoms with Gasteiger partial charge in [-0.05, 0) is 147 Å². The lowest BCUT2D eigenvalue weighted by molar-refractivity contribution is 0.116. The zero-order valence-corrected chi connectivity index (χ0v) is 45.3. The molecular weight excluding hydrogens is 1020 g/mol. The summed E-state index contributed by atoms with van der Waals surface area (Å²) in [6.07, 6.45) is 7.20. The van der Waals surface area contributed by atoms with E-state index in [9.17, 15) is 33.7 Å². The molecule has 1 atom stereocenters. The third kappa shape index (κ3) is 18.4. The van der Waals surface area contributed by atoms with Crippen LogP contribution < -0.4 is 33.1 Å². The van der Waals surface area contributed by atoms with Crippen molar-refractivity contribution in [1.82, 2.24) is 18.5 Å². The molecule has 0 saturated carbocycles. The van der Waals surface area contributed by atoms with E-state index in [0.717, 1.165) is 43.2 Å². The minimum Gasteiger partial charge on any atom is -0.497 e. The number of sulfonamides is 4. The summed E-state index contributed by atoms with van der Waals surface area (Å²) in [6.45, 7) is 1.59. The zero-order chi connectivity index (χ0) is 52.7. The number of nitrogens with one attached hydrogen (secondary N) is 3. The van der Waals surface area contributed by atoms with Gasteiger partial charge in [-0.2, -0.15) is 4.31 Å². The fourth-order valence-electron chi connectivity index (χ4n) is 7.90. The monoisotopic (exact) mass is 1090 g/mol. The van der Waals surface area contributed by atoms with Gasteiger partial charge in [0.25, 0.3) is 0 Å². The first-order valence-electron chi connectivity index (χ1n) is 24.3. The number of benzene rings is 5. The molecular formula is C52H70N4O13S4. The molecule has 0 saturated heterocycles. The second-order valence-electron chi connectivity index (χ2n) is 17.2. The van der Waals surface area contributed by atoms with Crippen LogP contribution in [0.25, 0.3) is 0 Å². The molecule has 1 unspecified atom stereocenters. The van der Waals surface area contributed by atoms with E-state index in [1.807, 2.05) is 24.3 Å². The SMILES string of the molecule is COc1ccc(S(=O)(=O)NCCCCC(NS(=O)(=O)c2ccc(OC)cc2)c2ccccc2COCCCCCCCCN(CCCCNS(=O)(=O)c2ccc(OC)cc2)S(=O)(=O)c2ccc(OC)cc2)cc1. The number of hydrogen-bond donors (Lipinski definition) is 3. The van der Waals surface area contributed by atoms with Crippen molar-refractivity contribution in [2.45, 2.75) is 103 Å². The Morgan fingerprint density at radius 2 is 0.836 bits per heavy atom. The van der Waals surface area contributed by atoms with Crippen molar-refractivity contribution in [3.8, 4) is 23.0 Å². The molecule has 3 N–H and O–H groups in total. The van der Waals surface area contributed by atoms with Crippen LogP contribution in [0.5, 0.6) is 23.0 Å². The number of ether oxygens (including phenoxy) is 5. The Morgan fingerprint density at radius 3 is 1.32 bits per heavy atom. The Labute approximate surface area is 433 Å². The highest BCUT2D eigenvalue weighted by Gasteiger charge is 2.26. The van der Waals surface area contributed by atoms with Gasteiger partial charge in [-0.3, -0.25) is 0 Å². The highest BCUT2D eigenvalue weighted by Crippen LogP contribution is 2.28. The van der Waals surface area contributed by atoms with Gasteiger partial charge < -0.3 is 23.7 Å². The molecule has 0 aliphatic rings. The molecule has 0 fully saturated rings. The Morgan fingerprint density at radius 1 is 0.438 bits per heavy atom. The number of hydrogen-bond acceptors (Lipinski definition) is 13. The number of methoxy groups -OCH3 is 4. The summed E-state index contributed by atoms with van der Waals surface area (Å²) in [5.41, 5.74) is 1.59. The third-order valence-electron chi connectivity index (χ3n) is 12.1. The number of rotatable bonds is 35. The fourth-order valence-corrected chi connectivity index (χ4v) is 12.8. The standard InChI is InChI=1S/C52H70N4O13S4/c1-65-43-20-28-47(29-21-43)70(57,58)53-36-12-11-19-52(55-72(61,62)49-32-24-45(67-3)25-33-49)51-18-10-9-17-42(51)41-69-40-16-8-6-5-7-14-38-56(73(63,64)50-34-26-46(68-4)27-35-50)39-15-13-37-54-71(59,60)48-30-22-44(66-2)23-31-48/h9-10,17-18,20-35,52-55H,5-8,11-16,19,36-41H2,1-4H3. The van der Waals surface area contributed by atoms with Crippen molar-refractivity contribution >= 4 is 40.1 Å². The predicted octanol–water partition coefficient (Wildman–Crippen LogP) is 8.20. The molecule has 400 valence electrons. The molecule has 5 aromatic rings. The van der Waals surface area contributed by atoms with Gasteiger partial charge in [0.05, 0.1) is 54.6 Å². The first-order chi connectivity index (χ1) is 35.0. The van der Waals surface area contributed by atoms with Crippen LogP contribution in [0.4, 0.5) is 0 Å². The maximum Gasteiger partial charge on any atom is 0.243 e. The van der Waals surface area contributed by atoms with Crippen molar-refractivity contribution in [3.63, 3.8) is 0 Å². The number of unbranched alkanes of at least 4 members (excludes halogenated alkanes) is 7. The summed E-state index contributed by atoms with van der Waals surface area (Å²) in [5, 5.41) is 0. The molecule has 0 aliphatic heterocycles. The quantitative estimate of drug-likeness (QED) is 0.0326. The van der Waals surface area contributed by atoms with Gasteiger partial charge >= 0.3 is 0 Å². The lowest BCUT2D eigenvalue weighted by atomic mass is 9.97. The average molecular weight is 1090 g/mol. The molecule has 73 heavy (non-hydrogen) atoms. The summed E-state index contributed by atoms with van der Waals surface area (Å²) >= 11 is 0. The lowest BCUT2D eigenvalue weighted by Gasteiger charge is -2.22. The Balaban J connectivity index is 1.09. The van der Waals surface area contributed by atoms with Gasteiger partial charge in [-0.1, -0.05) is 56.4 Å². The van der Waals surface area contributed by atoms with Crippen molar-refractivity contribution < 1.29 is 57.4 Å². The molecule has 0 aliphatic carbocycles. The molecule has 0 amide bonds. The molecule has 17 nitrogen and oxygen atoms in total. The van der Waals surface area contributed by atoms with E-state index in [4.69, 9.17) is 23.7 Å². The van der Waals surface area contributed by atoms with Crippen LogP contribution in [0.3, 0.4) is 0 Å². The predicted molar refractivity (Wildman–Crippen MR) is 281 cm³/mol. The maximum atomic E-state index is 13.8. The Bertz CT molecular complexity index is 2890. The molecule has 0 radical (unpaired) electrons. The van der Waals surface area contributed by atoms with Crippen molar-refractivity contribution in [1.29, 1.82) is 0 Å². The molecule has 21 heteroatoms. The molecule has 0 aromatic heterocycles. The molecule has 0 bridgehead atoms. The van der Waals surface area contributed by atoms with E-state index in [2.05, 4.69) is 14.2 Å². The molecule has 0 spiro atoms. The topological polar surface area (TPSA) is 222 Å². The summed E-state index contributed by atoms with van der Waals surface area (Å²) in [6, 6.07) is 31.5. The van der Waals surface area contributed by atoms with Crippen LogP contribution in [0, 0.1) is 0 Å². The van der Waals surface area contributed by atoms with E-state index in [1.54, 1.807) is 48.5 Å². The van der Waals surface area contributed by atoms with Crippen LogP contribution in [0.15, 0.2) is 141 Å². The van der Waals surface area contributed by atoms with Crippen molar-refractivity contribution in [2.75, 3.05) is 61.2 Å². The van der Waals surface area contributed by atoms with Gasteiger partial charge in [-0.25, -0.2) is 47.8 Å². The highest BCUT2D eigenvalue weighted by atomic mass is 32.2. The Hall–Kier alpha value is -5.10. The van der Waals surface area contributed by atoms with Crippen LogP contribution >= 0.6 is 0 Å². The van der Waals surface area contributed by atoms with Crippen LogP contribution in [0.2, 0.25) is 0 Å². The maximum absolute atomic E-state index is 13.8. The van der Waals surface area contributed by atoms with Crippen molar-refractivity contribution in [3.05, 3.63) is 132 Å². The van der Waals surface area contributed by atoms with Crippen LogP contribution in [0.1, 0.15) is 87.8 Å². The number of nitrogens with zero attached hydrogens (tertiary/aromatic N) is 1. The summed E-state index contributed by atoms with van der Waals surface area (Å²) in [7, 11) is -9.28. The van der Waals surface area contributed by atoms with E-state index < -0.39 is 46.1 Å². The minimum absolute atomic E-state index is 0.0809. The van der Waals surface area contributed by atoms with E-state index in [1.165, 1.54) is 81.3 Å². The minimum atomic E-state index is -3.98. The zero-order valence-electron chi connectivity index (χ0n) is 42.0. The second-order valence-corrected chi connectivity index (χ2v) is 24.3. The Kier molecular flexibility index (Phi) is 23.4.